The Morgan fingerprint density at radius 2 is 2.10 bits per heavy atom. The first kappa shape index (κ1) is 16.5. The summed E-state index contributed by atoms with van der Waals surface area (Å²) in [5, 5.41) is 4.75. The van der Waals surface area contributed by atoms with Gasteiger partial charge in [-0.15, -0.1) is 0 Å². The minimum Gasteiger partial charge on any atom is -0.297 e. The summed E-state index contributed by atoms with van der Waals surface area (Å²) in [6.45, 7) is 5.07. The molecule has 0 bridgehead atoms. The number of hydrogen-bond acceptors (Lipinski definition) is 3. The fourth-order valence-electron chi connectivity index (χ4n) is 3.31. The first-order valence-electron chi connectivity index (χ1n) is 7.86. The lowest BCUT2D eigenvalue weighted by Gasteiger charge is -2.43. The summed E-state index contributed by atoms with van der Waals surface area (Å²) in [5.74, 6) is 0.831. The van der Waals surface area contributed by atoms with Gasteiger partial charge in [-0.05, 0) is 52.1 Å². The SMILES string of the molecule is CCCn1ncc(Cl)c1C(=O)C1(N(C)C)CCC(C)CC1. The number of rotatable bonds is 5. The van der Waals surface area contributed by atoms with E-state index in [1.54, 1.807) is 10.9 Å². The van der Waals surface area contributed by atoms with Crippen molar-refractivity contribution in [2.75, 3.05) is 14.1 Å². The summed E-state index contributed by atoms with van der Waals surface area (Å²) in [6.07, 6.45) is 6.50. The lowest BCUT2D eigenvalue weighted by molar-refractivity contribution is 0.0502. The molecule has 1 aromatic heterocycles. The summed E-state index contributed by atoms with van der Waals surface area (Å²) >= 11 is 6.27. The monoisotopic (exact) mass is 311 g/mol. The molecule has 0 N–H and O–H groups in total. The zero-order chi connectivity index (χ0) is 15.6. The molecule has 1 saturated carbocycles. The van der Waals surface area contributed by atoms with Crippen LogP contribution in [0.2, 0.25) is 5.02 Å². The molecule has 4 nitrogen and oxygen atoms in total. The molecule has 0 radical (unpaired) electrons. The van der Waals surface area contributed by atoms with Crippen molar-refractivity contribution in [3.63, 3.8) is 0 Å². The maximum Gasteiger partial charge on any atom is 0.202 e. The van der Waals surface area contributed by atoms with Crippen molar-refractivity contribution >= 4 is 17.4 Å². The number of hydrogen-bond donors (Lipinski definition) is 0. The van der Waals surface area contributed by atoms with Crippen LogP contribution in [0, 0.1) is 5.92 Å². The van der Waals surface area contributed by atoms with Crippen LogP contribution in [0.5, 0.6) is 0 Å². The van der Waals surface area contributed by atoms with Gasteiger partial charge in [0.15, 0.2) is 0 Å². The number of carbonyl (C=O) groups is 1. The quantitative estimate of drug-likeness (QED) is 0.779. The molecule has 118 valence electrons. The molecule has 1 heterocycles. The first-order valence-corrected chi connectivity index (χ1v) is 8.23. The van der Waals surface area contributed by atoms with E-state index in [0.717, 1.165) is 38.6 Å². The van der Waals surface area contributed by atoms with Gasteiger partial charge in [0.25, 0.3) is 0 Å². The van der Waals surface area contributed by atoms with Crippen LogP contribution < -0.4 is 0 Å². The lowest BCUT2D eigenvalue weighted by Crippen LogP contribution is -2.53. The molecule has 2 rings (SSSR count). The largest absolute Gasteiger partial charge is 0.297 e. The number of aromatic nitrogens is 2. The van der Waals surface area contributed by atoms with Crippen molar-refractivity contribution in [1.82, 2.24) is 14.7 Å². The standard InChI is InChI=1S/C16H26ClN3O/c1-5-10-20-14(13(17)11-18-20)15(21)16(19(3)4)8-6-12(2)7-9-16/h11-12H,5-10H2,1-4H3. The Labute approximate surface area is 132 Å². The Morgan fingerprint density at radius 1 is 1.48 bits per heavy atom. The molecule has 1 aliphatic carbocycles. The predicted octanol–water partition coefficient (Wildman–Crippen LogP) is 3.64. The highest BCUT2D eigenvalue weighted by Crippen LogP contribution is 2.38. The van der Waals surface area contributed by atoms with E-state index < -0.39 is 5.54 Å². The van der Waals surface area contributed by atoms with Crippen LogP contribution >= 0.6 is 11.6 Å². The highest BCUT2D eigenvalue weighted by atomic mass is 35.5. The third-order valence-electron chi connectivity index (χ3n) is 4.83. The smallest absolute Gasteiger partial charge is 0.202 e. The van der Waals surface area contributed by atoms with Crippen LogP contribution in [0.3, 0.4) is 0 Å². The summed E-state index contributed by atoms with van der Waals surface area (Å²) in [6, 6.07) is 0. The van der Waals surface area contributed by atoms with E-state index in [4.69, 9.17) is 11.6 Å². The van der Waals surface area contributed by atoms with Gasteiger partial charge in [0.2, 0.25) is 5.78 Å². The topological polar surface area (TPSA) is 38.1 Å². The van der Waals surface area contributed by atoms with Gasteiger partial charge in [0.1, 0.15) is 5.69 Å². The molecule has 0 aromatic carbocycles. The summed E-state index contributed by atoms with van der Waals surface area (Å²) in [4.78, 5) is 15.3. The van der Waals surface area contributed by atoms with E-state index in [1.165, 1.54) is 0 Å². The summed E-state index contributed by atoms with van der Waals surface area (Å²) in [7, 11) is 4.00. The number of carbonyl (C=O) groups excluding carboxylic acids is 1. The minimum absolute atomic E-state index is 0.135. The highest BCUT2D eigenvalue weighted by Gasteiger charge is 2.45. The average molecular weight is 312 g/mol. The van der Waals surface area contributed by atoms with Crippen LogP contribution in [0.4, 0.5) is 0 Å². The van der Waals surface area contributed by atoms with E-state index in [-0.39, 0.29) is 5.78 Å². The number of halogens is 1. The zero-order valence-corrected chi connectivity index (χ0v) is 14.3. The van der Waals surface area contributed by atoms with Gasteiger partial charge in [-0.3, -0.25) is 14.4 Å². The molecule has 5 heteroatoms. The van der Waals surface area contributed by atoms with Crippen molar-refractivity contribution in [2.24, 2.45) is 5.92 Å². The number of Topliss-reactive ketones (excluding diaryl/α,β-unsaturated/α-hetero) is 1. The third kappa shape index (κ3) is 3.02. The molecular formula is C16H26ClN3O. The second-order valence-electron chi connectivity index (χ2n) is 6.50. The van der Waals surface area contributed by atoms with Gasteiger partial charge in [0.05, 0.1) is 16.8 Å². The zero-order valence-electron chi connectivity index (χ0n) is 13.5. The molecular weight excluding hydrogens is 286 g/mol. The van der Waals surface area contributed by atoms with Crippen LogP contribution in [-0.2, 0) is 6.54 Å². The van der Waals surface area contributed by atoms with Crippen LogP contribution in [0.15, 0.2) is 6.20 Å². The minimum atomic E-state index is -0.429. The second-order valence-corrected chi connectivity index (χ2v) is 6.91. The maximum absolute atomic E-state index is 13.3. The van der Waals surface area contributed by atoms with Crippen molar-refractivity contribution in [1.29, 1.82) is 0 Å². The molecule has 1 aliphatic rings. The number of likely N-dealkylation sites (N-methyl/N-ethyl adjacent to an activating group) is 1. The lowest BCUT2D eigenvalue weighted by atomic mass is 9.73. The molecule has 21 heavy (non-hydrogen) atoms. The normalized spacial score (nSPS) is 26.3. The van der Waals surface area contributed by atoms with Gasteiger partial charge in [-0.1, -0.05) is 25.4 Å². The predicted molar refractivity (Wildman–Crippen MR) is 85.9 cm³/mol. The van der Waals surface area contributed by atoms with Gasteiger partial charge in [-0.2, -0.15) is 5.10 Å². The molecule has 0 unspecified atom stereocenters. The number of ketones is 1. The van der Waals surface area contributed by atoms with Crippen molar-refractivity contribution in [3.05, 3.63) is 16.9 Å². The van der Waals surface area contributed by atoms with Gasteiger partial charge in [0, 0.05) is 6.54 Å². The average Bonchev–Trinajstić information content (AvgIpc) is 2.80. The molecule has 0 atom stereocenters. The molecule has 0 aliphatic heterocycles. The number of aryl methyl sites for hydroxylation is 1. The van der Waals surface area contributed by atoms with Gasteiger partial charge >= 0.3 is 0 Å². The second kappa shape index (κ2) is 6.49. The highest BCUT2D eigenvalue weighted by molar-refractivity contribution is 6.34. The first-order chi connectivity index (χ1) is 9.92. The number of nitrogens with zero attached hydrogens (tertiary/aromatic N) is 3. The molecule has 0 amide bonds. The van der Waals surface area contributed by atoms with Crippen LogP contribution in [0.25, 0.3) is 0 Å². The maximum atomic E-state index is 13.3. The van der Waals surface area contributed by atoms with Gasteiger partial charge in [-0.25, -0.2) is 0 Å². The third-order valence-corrected chi connectivity index (χ3v) is 5.10. The van der Waals surface area contributed by atoms with Crippen molar-refractivity contribution in [2.45, 2.75) is 58.0 Å². The van der Waals surface area contributed by atoms with E-state index in [2.05, 4.69) is 23.8 Å². The van der Waals surface area contributed by atoms with Crippen LogP contribution in [0.1, 0.15) is 56.4 Å². The molecule has 1 fully saturated rings. The Kier molecular flexibility index (Phi) is 5.10. The Balaban J connectivity index is 2.38. The molecule has 1 aromatic rings. The van der Waals surface area contributed by atoms with Crippen LogP contribution in [-0.4, -0.2) is 40.1 Å². The molecule has 0 spiro atoms. The Morgan fingerprint density at radius 3 is 2.62 bits per heavy atom. The fourth-order valence-corrected chi connectivity index (χ4v) is 3.53. The van der Waals surface area contributed by atoms with E-state index in [0.29, 0.717) is 16.6 Å². The fraction of sp³-hybridized carbons (Fsp3) is 0.750. The van der Waals surface area contributed by atoms with Gasteiger partial charge < -0.3 is 0 Å². The van der Waals surface area contributed by atoms with Crippen molar-refractivity contribution < 1.29 is 4.79 Å². The summed E-state index contributed by atoms with van der Waals surface area (Å²) < 4.78 is 1.77. The Hall–Kier alpha value is -0.870. The molecule has 0 saturated heterocycles. The Bertz CT molecular complexity index is 502. The van der Waals surface area contributed by atoms with E-state index >= 15 is 0 Å². The van der Waals surface area contributed by atoms with E-state index in [1.807, 2.05) is 14.1 Å². The van der Waals surface area contributed by atoms with Crippen molar-refractivity contribution in [3.8, 4) is 0 Å². The van der Waals surface area contributed by atoms with E-state index in [9.17, 15) is 4.79 Å². The summed E-state index contributed by atoms with van der Waals surface area (Å²) in [5.41, 5.74) is 0.156.